The Hall–Kier alpha value is -1.84. The fraction of sp³-hybridized carbons (Fsp3) is 0.556. The van der Waals surface area contributed by atoms with Crippen molar-refractivity contribution in [1.82, 2.24) is 19.5 Å². The van der Waals surface area contributed by atoms with Gasteiger partial charge >= 0.3 is 24.8 Å². The summed E-state index contributed by atoms with van der Waals surface area (Å²) in [6.45, 7) is 6.22. The van der Waals surface area contributed by atoms with Crippen molar-refractivity contribution in [3.8, 4) is 11.4 Å². The van der Waals surface area contributed by atoms with Gasteiger partial charge in [-0.3, -0.25) is 4.79 Å². The summed E-state index contributed by atoms with van der Waals surface area (Å²) in [5.74, 6) is 0.509. The second kappa shape index (κ2) is 8.70. The van der Waals surface area contributed by atoms with Crippen LogP contribution in [-0.2, 0) is 4.79 Å². The Morgan fingerprint density at radius 2 is 2.12 bits per heavy atom. The molecule has 1 saturated carbocycles. The number of carboxylic acid groups (broad SMARTS) is 1. The number of nitrogens with one attached hydrogen (secondary N) is 1. The number of imidazole rings is 1. The van der Waals surface area contributed by atoms with Crippen molar-refractivity contribution in [1.29, 1.82) is 0 Å². The van der Waals surface area contributed by atoms with Crippen LogP contribution in [0.1, 0.15) is 51.4 Å². The average molecular weight is 351 g/mol. The van der Waals surface area contributed by atoms with Crippen molar-refractivity contribution in [3.05, 3.63) is 24.3 Å². The van der Waals surface area contributed by atoms with E-state index in [1.807, 2.05) is 19.2 Å². The zero-order valence-electron chi connectivity index (χ0n) is 14.9. The fourth-order valence-corrected chi connectivity index (χ4v) is 3.59. The molecule has 2 unspecified atom stereocenters. The monoisotopic (exact) mass is 351 g/mol. The number of aryl methyl sites for hydroxylation is 1. The Balaban J connectivity index is 0.00000243. The van der Waals surface area contributed by atoms with Gasteiger partial charge in [-0.15, -0.1) is 0 Å². The molecule has 0 spiro atoms. The standard InChI is InChI=1S/C18H25N5O2.Li.H/c1-11(2)23-12(3)20-10-16(23)15-7-8-19-18(22-15)21-14-6-4-5-13(9-14)17(24)25;;/h7-8,10-11,13-14H,4-6,9H2,1-3H3,(H,24,25)(H,19,21,22);;. The van der Waals surface area contributed by atoms with Crippen LogP contribution in [0.15, 0.2) is 18.5 Å². The molecule has 3 rings (SSSR count). The first-order valence-corrected chi connectivity index (χ1v) is 8.82. The van der Waals surface area contributed by atoms with Crippen molar-refractivity contribution < 1.29 is 9.90 Å². The van der Waals surface area contributed by atoms with Crippen molar-refractivity contribution in [2.45, 2.75) is 58.5 Å². The maximum absolute atomic E-state index is 11.2. The summed E-state index contributed by atoms with van der Waals surface area (Å²) in [7, 11) is 0. The zero-order valence-corrected chi connectivity index (χ0v) is 14.9. The predicted octanol–water partition coefficient (Wildman–Crippen LogP) is 2.64. The molecule has 2 aromatic heterocycles. The molecule has 2 atom stereocenters. The van der Waals surface area contributed by atoms with Gasteiger partial charge < -0.3 is 15.0 Å². The van der Waals surface area contributed by atoms with Gasteiger partial charge in [-0.2, -0.15) is 0 Å². The van der Waals surface area contributed by atoms with E-state index in [0.29, 0.717) is 18.4 Å². The molecule has 1 aliphatic rings. The molecule has 26 heavy (non-hydrogen) atoms. The third kappa shape index (κ3) is 4.46. The van der Waals surface area contributed by atoms with Crippen LogP contribution >= 0.6 is 0 Å². The molecule has 8 heteroatoms. The normalized spacial score (nSPS) is 19.8. The van der Waals surface area contributed by atoms with Crippen LogP contribution < -0.4 is 5.32 Å². The van der Waals surface area contributed by atoms with Gasteiger partial charge in [-0.1, -0.05) is 6.42 Å². The van der Waals surface area contributed by atoms with E-state index in [9.17, 15) is 9.90 Å². The molecule has 2 heterocycles. The van der Waals surface area contributed by atoms with E-state index in [2.05, 4.69) is 38.7 Å². The Kier molecular flexibility index (Phi) is 6.85. The third-order valence-corrected chi connectivity index (χ3v) is 4.77. The van der Waals surface area contributed by atoms with Crippen LogP contribution in [0.3, 0.4) is 0 Å². The molecule has 0 bridgehead atoms. The van der Waals surface area contributed by atoms with Gasteiger partial charge in [0, 0.05) is 18.3 Å². The van der Waals surface area contributed by atoms with E-state index in [4.69, 9.17) is 0 Å². The van der Waals surface area contributed by atoms with Crippen LogP contribution in [0.25, 0.3) is 11.4 Å². The van der Waals surface area contributed by atoms with Gasteiger partial charge in [-0.25, -0.2) is 15.0 Å². The van der Waals surface area contributed by atoms with Gasteiger partial charge in [0.05, 0.1) is 23.5 Å². The predicted molar refractivity (Wildman–Crippen MR) is 103 cm³/mol. The van der Waals surface area contributed by atoms with Crippen molar-refractivity contribution in [3.63, 3.8) is 0 Å². The summed E-state index contributed by atoms with van der Waals surface area (Å²) in [5, 5.41) is 12.5. The number of aromatic nitrogens is 4. The molecule has 1 aliphatic carbocycles. The molecule has 0 radical (unpaired) electrons. The number of carboxylic acids is 1. The van der Waals surface area contributed by atoms with Gasteiger partial charge in [0.25, 0.3) is 0 Å². The average Bonchev–Trinajstić information content (AvgIpc) is 2.97. The number of anilines is 1. The Morgan fingerprint density at radius 3 is 2.81 bits per heavy atom. The number of aliphatic carboxylic acids is 1. The SMILES string of the molecule is Cc1ncc(-c2ccnc(NC3CCCC(C(=O)O)C3)n2)n1C(C)C.[LiH]. The Bertz CT molecular complexity index is 762. The van der Waals surface area contributed by atoms with Crippen LogP contribution in [0.5, 0.6) is 0 Å². The molecule has 7 nitrogen and oxygen atoms in total. The molecular formula is C18H26LiN5O2. The molecule has 2 aromatic rings. The number of nitrogens with zero attached hydrogens (tertiary/aromatic N) is 4. The third-order valence-electron chi connectivity index (χ3n) is 4.77. The van der Waals surface area contributed by atoms with Crippen molar-refractivity contribution in [2.75, 3.05) is 5.32 Å². The summed E-state index contributed by atoms with van der Waals surface area (Å²) in [6.07, 6.45) is 6.79. The number of hydrogen-bond donors (Lipinski definition) is 2. The number of hydrogen-bond acceptors (Lipinski definition) is 5. The second-order valence-electron chi connectivity index (χ2n) is 6.96. The molecule has 2 N–H and O–H groups in total. The summed E-state index contributed by atoms with van der Waals surface area (Å²) >= 11 is 0. The minimum atomic E-state index is -0.711. The first-order valence-electron chi connectivity index (χ1n) is 8.82. The first kappa shape index (κ1) is 20.5. The van der Waals surface area contributed by atoms with Crippen LogP contribution in [0.2, 0.25) is 0 Å². The van der Waals surface area contributed by atoms with E-state index < -0.39 is 5.97 Å². The van der Waals surface area contributed by atoms with Gasteiger partial charge in [-0.05, 0) is 46.1 Å². The molecular weight excluding hydrogens is 325 g/mol. The van der Waals surface area contributed by atoms with Gasteiger partial charge in [0.15, 0.2) is 0 Å². The molecule has 1 fully saturated rings. The first-order chi connectivity index (χ1) is 12.0. The molecule has 0 aromatic carbocycles. The van der Waals surface area contributed by atoms with Crippen LogP contribution in [0.4, 0.5) is 5.95 Å². The van der Waals surface area contributed by atoms with E-state index >= 15 is 0 Å². The fourth-order valence-electron chi connectivity index (χ4n) is 3.59. The van der Waals surface area contributed by atoms with Crippen molar-refractivity contribution >= 4 is 30.8 Å². The Morgan fingerprint density at radius 1 is 1.35 bits per heavy atom. The van der Waals surface area contributed by atoms with Crippen LogP contribution in [-0.4, -0.2) is 55.5 Å². The maximum atomic E-state index is 11.2. The molecule has 0 aliphatic heterocycles. The van der Waals surface area contributed by atoms with Gasteiger partial charge in [0.1, 0.15) is 5.82 Å². The molecule has 0 amide bonds. The summed E-state index contributed by atoms with van der Waals surface area (Å²) in [5.41, 5.74) is 1.78. The second-order valence-corrected chi connectivity index (χ2v) is 6.96. The van der Waals surface area contributed by atoms with E-state index in [-0.39, 0.29) is 30.8 Å². The zero-order chi connectivity index (χ0) is 18.0. The van der Waals surface area contributed by atoms with Gasteiger partial charge in [0.2, 0.25) is 5.95 Å². The molecule has 0 saturated heterocycles. The summed E-state index contributed by atoms with van der Waals surface area (Å²) < 4.78 is 2.15. The summed E-state index contributed by atoms with van der Waals surface area (Å²) in [6, 6.07) is 2.27. The van der Waals surface area contributed by atoms with E-state index in [1.165, 1.54) is 0 Å². The van der Waals surface area contributed by atoms with E-state index in [1.54, 1.807) is 6.20 Å². The number of carbonyl (C=O) groups is 1. The quantitative estimate of drug-likeness (QED) is 0.805. The number of rotatable bonds is 5. The topological polar surface area (TPSA) is 92.9 Å². The van der Waals surface area contributed by atoms with Crippen molar-refractivity contribution in [2.24, 2.45) is 5.92 Å². The molecule has 136 valence electrons. The minimum absolute atomic E-state index is 0. The summed E-state index contributed by atoms with van der Waals surface area (Å²) in [4.78, 5) is 24.6. The van der Waals surface area contributed by atoms with Crippen LogP contribution in [0, 0.1) is 12.8 Å². The Labute approximate surface area is 165 Å². The van der Waals surface area contributed by atoms with E-state index in [0.717, 1.165) is 36.5 Å².